The molecule has 0 spiro atoms. The van der Waals surface area contributed by atoms with Crippen molar-refractivity contribution in [3.63, 3.8) is 0 Å². The van der Waals surface area contributed by atoms with Crippen molar-refractivity contribution in [3.05, 3.63) is 23.9 Å². The number of piperidine rings is 1. The number of fused-ring (bicyclic) bond motifs is 1. The van der Waals surface area contributed by atoms with Crippen LogP contribution in [0.1, 0.15) is 71.0 Å². The van der Waals surface area contributed by atoms with E-state index in [0.29, 0.717) is 18.8 Å². The second kappa shape index (κ2) is 8.31. The van der Waals surface area contributed by atoms with Crippen LogP contribution in [0.3, 0.4) is 0 Å². The number of amides is 1. The van der Waals surface area contributed by atoms with E-state index in [-0.39, 0.29) is 29.2 Å². The molecule has 3 aliphatic rings. The molecule has 3 heterocycles. The SMILES string of the molecule is CC(C)(C)c1cc2n(n1)[C@@H](C(F)F)C[C@@H]([C@@H]1CCCN(C(=O)[C@H]3CC=CCC3)C1)N2. The fraction of sp³-hybridized carbons (Fsp3) is 0.739. The van der Waals surface area contributed by atoms with E-state index in [1.54, 1.807) is 0 Å². The van der Waals surface area contributed by atoms with Gasteiger partial charge in [0.25, 0.3) is 6.43 Å². The first kappa shape index (κ1) is 21.3. The highest BCUT2D eigenvalue weighted by Gasteiger charge is 2.40. The summed E-state index contributed by atoms with van der Waals surface area (Å²) >= 11 is 0. The van der Waals surface area contributed by atoms with Crippen molar-refractivity contribution in [1.29, 1.82) is 0 Å². The molecule has 2 aliphatic heterocycles. The zero-order valence-corrected chi connectivity index (χ0v) is 18.3. The van der Waals surface area contributed by atoms with Crippen molar-refractivity contribution >= 4 is 11.7 Å². The second-order valence-electron chi connectivity index (χ2n) is 10.2. The molecule has 4 atom stereocenters. The van der Waals surface area contributed by atoms with Crippen molar-refractivity contribution < 1.29 is 13.6 Å². The van der Waals surface area contributed by atoms with Crippen LogP contribution in [-0.4, -0.2) is 46.1 Å². The van der Waals surface area contributed by atoms with Gasteiger partial charge in [-0.15, -0.1) is 0 Å². The lowest BCUT2D eigenvalue weighted by molar-refractivity contribution is -0.137. The largest absolute Gasteiger partial charge is 0.367 e. The molecular weight excluding hydrogens is 386 g/mol. The summed E-state index contributed by atoms with van der Waals surface area (Å²) in [5.41, 5.74) is 0.624. The van der Waals surface area contributed by atoms with Gasteiger partial charge in [-0.25, -0.2) is 13.5 Å². The van der Waals surface area contributed by atoms with E-state index in [4.69, 9.17) is 0 Å². The van der Waals surface area contributed by atoms with Crippen LogP contribution in [0, 0.1) is 11.8 Å². The fourth-order valence-corrected chi connectivity index (χ4v) is 5.07. The molecule has 1 aromatic rings. The maximum absolute atomic E-state index is 13.9. The first-order valence-electron chi connectivity index (χ1n) is 11.3. The molecule has 1 fully saturated rings. The van der Waals surface area contributed by atoms with E-state index in [1.807, 2.05) is 31.7 Å². The Morgan fingerprint density at radius 3 is 2.73 bits per heavy atom. The Balaban J connectivity index is 1.50. The number of nitrogens with one attached hydrogen (secondary N) is 1. The van der Waals surface area contributed by atoms with Crippen molar-refractivity contribution in [2.24, 2.45) is 11.8 Å². The van der Waals surface area contributed by atoms with Gasteiger partial charge in [-0.3, -0.25) is 4.79 Å². The number of likely N-dealkylation sites (tertiary alicyclic amines) is 1. The quantitative estimate of drug-likeness (QED) is 0.717. The number of hydrogen-bond acceptors (Lipinski definition) is 3. The third kappa shape index (κ3) is 4.26. The number of nitrogens with zero attached hydrogens (tertiary/aromatic N) is 3. The van der Waals surface area contributed by atoms with Crippen LogP contribution in [0.2, 0.25) is 0 Å². The average molecular weight is 421 g/mol. The third-order valence-electron chi connectivity index (χ3n) is 6.89. The highest BCUT2D eigenvalue weighted by atomic mass is 19.3. The molecule has 7 heteroatoms. The minimum Gasteiger partial charge on any atom is -0.367 e. The molecule has 30 heavy (non-hydrogen) atoms. The molecular formula is C23H34F2N4O. The highest BCUT2D eigenvalue weighted by Crippen LogP contribution is 2.38. The molecule has 0 aromatic carbocycles. The van der Waals surface area contributed by atoms with Gasteiger partial charge in [0.2, 0.25) is 5.91 Å². The normalized spacial score (nSPS) is 29.6. The molecule has 0 radical (unpaired) electrons. The summed E-state index contributed by atoms with van der Waals surface area (Å²) in [5, 5.41) is 8.01. The third-order valence-corrected chi connectivity index (χ3v) is 6.89. The molecule has 0 saturated carbocycles. The van der Waals surface area contributed by atoms with Crippen LogP contribution in [0.25, 0.3) is 0 Å². The summed E-state index contributed by atoms with van der Waals surface area (Å²) in [5.74, 6) is 1.19. The molecule has 1 aliphatic carbocycles. The van der Waals surface area contributed by atoms with Gasteiger partial charge in [0.15, 0.2) is 0 Å². The molecule has 5 nitrogen and oxygen atoms in total. The van der Waals surface area contributed by atoms with Gasteiger partial charge in [0.05, 0.1) is 5.69 Å². The van der Waals surface area contributed by atoms with Crippen LogP contribution in [0.4, 0.5) is 14.6 Å². The predicted octanol–water partition coefficient (Wildman–Crippen LogP) is 4.77. The smallest absolute Gasteiger partial charge is 0.260 e. The topological polar surface area (TPSA) is 50.2 Å². The molecule has 1 aromatic heterocycles. The van der Waals surface area contributed by atoms with Crippen LogP contribution >= 0.6 is 0 Å². The van der Waals surface area contributed by atoms with Crippen molar-refractivity contribution in [3.8, 4) is 0 Å². The number of rotatable bonds is 3. The average Bonchev–Trinajstić information content (AvgIpc) is 3.18. The number of allylic oxidation sites excluding steroid dienone is 2. The van der Waals surface area contributed by atoms with Gasteiger partial charge >= 0.3 is 0 Å². The maximum atomic E-state index is 13.9. The Kier molecular flexibility index (Phi) is 5.90. The van der Waals surface area contributed by atoms with Gasteiger partial charge in [-0.2, -0.15) is 5.10 Å². The number of aromatic nitrogens is 2. The molecule has 166 valence electrons. The minimum absolute atomic E-state index is 0.0668. The molecule has 0 unspecified atom stereocenters. The van der Waals surface area contributed by atoms with E-state index < -0.39 is 12.5 Å². The fourth-order valence-electron chi connectivity index (χ4n) is 5.07. The lowest BCUT2D eigenvalue weighted by Gasteiger charge is -2.42. The number of alkyl halides is 2. The Bertz CT molecular complexity index is 798. The Hall–Kier alpha value is -1.92. The van der Waals surface area contributed by atoms with E-state index >= 15 is 0 Å². The predicted molar refractivity (Wildman–Crippen MR) is 114 cm³/mol. The van der Waals surface area contributed by atoms with Crippen LogP contribution in [-0.2, 0) is 10.2 Å². The number of halogens is 2. The maximum Gasteiger partial charge on any atom is 0.260 e. The van der Waals surface area contributed by atoms with E-state index in [0.717, 1.165) is 44.3 Å². The molecule has 0 bridgehead atoms. The van der Waals surface area contributed by atoms with Gasteiger partial charge < -0.3 is 10.2 Å². The molecule has 1 amide bonds. The van der Waals surface area contributed by atoms with Gasteiger partial charge in [0, 0.05) is 36.5 Å². The van der Waals surface area contributed by atoms with Crippen molar-refractivity contribution in [2.45, 2.75) is 83.2 Å². The Morgan fingerprint density at radius 1 is 1.27 bits per heavy atom. The zero-order chi connectivity index (χ0) is 21.5. The summed E-state index contributed by atoms with van der Waals surface area (Å²) in [6, 6.07) is 0.932. The van der Waals surface area contributed by atoms with Gasteiger partial charge in [-0.05, 0) is 44.4 Å². The molecule has 1 N–H and O–H groups in total. The highest BCUT2D eigenvalue weighted by molar-refractivity contribution is 5.79. The standard InChI is InChI=1S/C23H34F2N4O/c1-23(2,3)19-13-20-26-17(12-18(21(24)25)29(20)27-19)16-10-7-11-28(14-16)22(30)15-8-5-4-6-9-15/h4-5,13,15-18,21,26H,6-12,14H2,1-3H3/t15-,16+,17-,18+/m0/s1. The van der Waals surface area contributed by atoms with Crippen molar-refractivity contribution in [2.75, 3.05) is 18.4 Å². The summed E-state index contributed by atoms with van der Waals surface area (Å²) in [6.45, 7) is 7.57. The number of carbonyl (C=O) groups is 1. The molecule has 1 saturated heterocycles. The van der Waals surface area contributed by atoms with Gasteiger partial charge in [0.1, 0.15) is 11.9 Å². The van der Waals surface area contributed by atoms with E-state index in [1.165, 1.54) is 4.68 Å². The Labute approximate surface area is 177 Å². The second-order valence-corrected chi connectivity index (χ2v) is 10.2. The molecule has 4 rings (SSSR count). The number of hydrogen-bond donors (Lipinski definition) is 1. The first-order chi connectivity index (χ1) is 14.2. The summed E-state index contributed by atoms with van der Waals surface area (Å²) < 4.78 is 29.4. The Morgan fingerprint density at radius 2 is 2.07 bits per heavy atom. The lowest BCUT2D eigenvalue weighted by Crippen LogP contribution is -2.49. The zero-order valence-electron chi connectivity index (χ0n) is 18.3. The van der Waals surface area contributed by atoms with Gasteiger partial charge in [-0.1, -0.05) is 32.9 Å². The lowest BCUT2D eigenvalue weighted by atomic mass is 9.84. The summed E-state index contributed by atoms with van der Waals surface area (Å²) in [6.07, 6.45) is 6.74. The first-order valence-corrected chi connectivity index (χ1v) is 11.3. The summed E-state index contributed by atoms with van der Waals surface area (Å²) in [4.78, 5) is 15.0. The van der Waals surface area contributed by atoms with Crippen LogP contribution in [0.5, 0.6) is 0 Å². The number of anilines is 1. The number of carbonyl (C=O) groups excluding carboxylic acids is 1. The van der Waals surface area contributed by atoms with Crippen LogP contribution in [0.15, 0.2) is 18.2 Å². The minimum atomic E-state index is -2.46. The van der Waals surface area contributed by atoms with Crippen LogP contribution < -0.4 is 5.32 Å². The monoisotopic (exact) mass is 420 g/mol. The van der Waals surface area contributed by atoms with Crippen molar-refractivity contribution in [1.82, 2.24) is 14.7 Å². The van der Waals surface area contributed by atoms with E-state index in [2.05, 4.69) is 22.6 Å². The van der Waals surface area contributed by atoms with E-state index in [9.17, 15) is 13.6 Å². The summed E-state index contributed by atoms with van der Waals surface area (Å²) in [7, 11) is 0.